The highest BCUT2D eigenvalue weighted by atomic mass is 79.9. The first-order chi connectivity index (χ1) is 17.6. The van der Waals surface area contributed by atoms with Gasteiger partial charge in [0.25, 0.3) is 5.91 Å². The topological polar surface area (TPSA) is 82.4 Å². The van der Waals surface area contributed by atoms with Crippen LogP contribution >= 0.6 is 15.9 Å². The van der Waals surface area contributed by atoms with Crippen LogP contribution in [0.1, 0.15) is 40.4 Å². The lowest BCUT2D eigenvalue weighted by atomic mass is 10.1. The van der Waals surface area contributed by atoms with Gasteiger partial charge in [0, 0.05) is 28.6 Å². The van der Waals surface area contributed by atoms with Crippen molar-refractivity contribution in [1.29, 1.82) is 0 Å². The van der Waals surface area contributed by atoms with Crippen molar-refractivity contribution in [2.24, 2.45) is 0 Å². The second kappa shape index (κ2) is 10.5. The molecule has 1 aliphatic rings. The number of aromatic nitrogens is 4. The number of carbonyl (C=O) groups is 1. The Morgan fingerprint density at radius 3 is 2.56 bits per heavy atom. The molecule has 184 valence electrons. The fourth-order valence-corrected chi connectivity index (χ4v) is 4.42. The zero-order valence-corrected chi connectivity index (χ0v) is 21.7. The monoisotopic (exact) mass is 547 g/mol. The van der Waals surface area contributed by atoms with E-state index < -0.39 is 0 Å². The molecule has 0 unspecified atom stereocenters. The van der Waals surface area contributed by atoms with Crippen LogP contribution in [0.25, 0.3) is 5.69 Å². The largest absolute Gasteiger partial charge is 0.497 e. The molecule has 8 nitrogen and oxygen atoms in total. The number of rotatable bonds is 9. The van der Waals surface area contributed by atoms with Crippen molar-refractivity contribution in [1.82, 2.24) is 24.6 Å². The fourth-order valence-electron chi connectivity index (χ4n) is 4.03. The van der Waals surface area contributed by atoms with E-state index >= 15 is 0 Å². The van der Waals surface area contributed by atoms with Gasteiger partial charge >= 0.3 is 0 Å². The number of amides is 1. The molecule has 0 radical (unpaired) electrons. The maximum Gasteiger partial charge on any atom is 0.254 e. The summed E-state index contributed by atoms with van der Waals surface area (Å²) in [5.41, 5.74) is 2.44. The third-order valence-corrected chi connectivity index (χ3v) is 6.85. The van der Waals surface area contributed by atoms with Crippen molar-refractivity contribution < 1.29 is 14.3 Å². The molecule has 4 aromatic rings. The highest BCUT2D eigenvalue weighted by Crippen LogP contribution is 2.30. The maximum absolute atomic E-state index is 13.3. The number of halogens is 1. The van der Waals surface area contributed by atoms with Crippen molar-refractivity contribution in [3.05, 3.63) is 94.1 Å². The fraction of sp³-hybridized carbons (Fsp3) is 0.259. The molecule has 1 amide bonds. The summed E-state index contributed by atoms with van der Waals surface area (Å²) in [5.74, 6) is 2.59. The van der Waals surface area contributed by atoms with Gasteiger partial charge in [-0.25, -0.2) is 14.6 Å². The van der Waals surface area contributed by atoms with E-state index in [2.05, 4.69) is 20.9 Å². The van der Waals surface area contributed by atoms with Crippen LogP contribution in [0.5, 0.6) is 11.6 Å². The van der Waals surface area contributed by atoms with Gasteiger partial charge < -0.3 is 14.4 Å². The van der Waals surface area contributed by atoms with E-state index in [0.29, 0.717) is 30.2 Å². The number of benzene rings is 2. The maximum atomic E-state index is 13.3. The molecule has 1 aliphatic carbocycles. The molecule has 9 heteroatoms. The van der Waals surface area contributed by atoms with Crippen molar-refractivity contribution in [3.8, 4) is 17.3 Å². The normalized spacial score (nSPS) is 12.9. The minimum absolute atomic E-state index is 0.00217. The Morgan fingerprint density at radius 2 is 1.89 bits per heavy atom. The average molecular weight is 548 g/mol. The number of hydrogen-bond acceptors (Lipinski definition) is 6. The van der Waals surface area contributed by atoms with Crippen LogP contribution in [-0.2, 0) is 13.0 Å². The first-order valence-electron chi connectivity index (χ1n) is 11.7. The number of pyridine rings is 1. The molecule has 1 fully saturated rings. The quantitative estimate of drug-likeness (QED) is 0.298. The van der Waals surface area contributed by atoms with Crippen molar-refractivity contribution in [3.63, 3.8) is 0 Å². The van der Waals surface area contributed by atoms with Crippen molar-refractivity contribution in [2.75, 3.05) is 14.2 Å². The van der Waals surface area contributed by atoms with Gasteiger partial charge in [-0.15, -0.1) is 5.10 Å². The van der Waals surface area contributed by atoms with Gasteiger partial charge in [-0.3, -0.25) is 4.79 Å². The second-order valence-corrected chi connectivity index (χ2v) is 9.43. The number of nitrogens with zero attached hydrogens (tertiary/aromatic N) is 5. The summed E-state index contributed by atoms with van der Waals surface area (Å²) < 4.78 is 13.4. The Balaban J connectivity index is 1.50. The lowest BCUT2D eigenvalue weighted by Gasteiger charge is -2.21. The summed E-state index contributed by atoms with van der Waals surface area (Å²) in [4.78, 5) is 24.4. The van der Waals surface area contributed by atoms with Crippen LogP contribution < -0.4 is 9.47 Å². The van der Waals surface area contributed by atoms with Gasteiger partial charge in [0.1, 0.15) is 11.6 Å². The summed E-state index contributed by atoms with van der Waals surface area (Å²) >= 11 is 3.64. The molecular weight excluding hydrogens is 522 g/mol. The SMILES string of the molecule is COc1ccc(Br)c(Cc2nc(CN(C(=O)c3ccccc3)C3CC3)nn2-c2ccc(OC)nc2)c1. The number of ether oxygens (including phenoxy) is 2. The molecule has 5 rings (SSSR count). The highest BCUT2D eigenvalue weighted by molar-refractivity contribution is 9.10. The Hall–Kier alpha value is -3.72. The minimum Gasteiger partial charge on any atom is -0.497 e. The molecule has 2 aromatic heterocycles. The summed E-state index contributed by atoms with van der Waals surface area (Å²) in [7, 11) is 3.23. The Labute approximate surface area is 218 Å². The van der Waals surface area contributed by atoms with E-state index in [0.717, 1.165) is 40.1 Å². The van der Waals surface area contributed by atoms with Crippen LogP contribution in [0.2, 0.25) is 0 Å². The van der Waals surface area contributed by atoms with Gasteiger partial charge in [0.2, 0.25) is 5.88 Å². The summed E-state index contributed by atoms with van der Waals surface area (Å²) in [5, 5.41) is 4.81. The number of carbonyl (C=O) groups excluding carboxylic acids is 1. The summed E-state index contributed by atoms with van der Waals surface area (Å²) in [6, 6.07) is 19.1. The standard InChI is InChI=1S/C27H26BrN5O3/c1-35-22-11-12-23(28)19(14-22)15-25-30-24(31-33(25)21-10-13-26(36-2)29-16-21)17-32(20-8-9-20)27(34)18-6-4-3-5-7-18/h3-7,10-14,16,20H,8-9,15,17H2,1-2H3. The molecule has 0 aliphatic heterocycles. The van der Waals surface area contributed by atoms with E-state index in [1.165, 1.54) is 0 Å². The Kier molecular flexibility index (Phi) is 6.99. The molecule has 36 heavy (non-hydrogen) atoms. The van der Waals surface area contributed by atoms with E-state index in [1.54, 1.807) is 31.2 Å². The minimum atomic E-state index is -0.00217. The molecule has 0 bridgehead atoms. The third-order valence-electron chi connectivity index (χ3n) is 6.07. The highest BCUT2D eigenvalue weighted by Gasteiger charge is 2.34. The predicted molar refractivity (Wildman–Crippen MR) is 139 cm³/mol. The average Bonchev–Trinajstić information content (AvgIpc) is 3.69. The molecule has 0 atom stereocenters. The van der Waals surface area contributed by atoms with E-state index in [-0.39, 0.29) is 11.9 Å². The van der Waals surface area contributed by atoms with Gasteiger partial charge in [-0.2, -0.15) is 0 Å². The molecule has 0 spiro atoms. The van der Waals surface area contributed by atoms with E-state index in [1.807, 2.05) is 59.5 Å². The van der Waals surface area contributed by atoms with Crippen LogP contribution in [0.3, 0.4) is 0 Å². The van der Waals surface area contributed by atoms with Crippen LogP contribution in [0.4, 0.5) is 0 Å². The molecule has 0 N–H and O–H groups in total. The van der Waals surface area contributed by atoms with Crippen LogP contribution in [-0.4, -0.2) is 50.8 Å². The number of hydrogen-bond donors (Lipinski definition) is 0. The van der Waals surface area contributed by atoms with Crippen LogP contribution in [0.15, 0.2) is 71.3 Å². The van der Waals surface area contributed by atoms with E-state index in [9.17, 15) is 4.79 Å². The molecule has 2 heterocycles. The second-order valence-electron chi connectivity index (χ2n) is 8.58. The Bertz CT molecular complexity index is 1350. The predicted octanol–water partition coefficient (Wildman–Crippen LogP) is 4.84. The Morgan fingerprint density at radius 1 is 1.08 bits per heavy atom. The van der Waals surface area contributed by atoms with Gasteiger partial charge in [0.05, 0.1) is 32.6 Å². The summed E-state index contributed by atoms with van der Waals surface area (Å²) in [6.07, 6.45) is 4.19. The number of methoxy groups -OCH3 is 2. The molecule has 0 saturated heterocycles. The van der Waals surface area contributed by atoms with Crippen LogP contribution in [0, 0.1) is 0 Å². The molecular formula is C27H26BrN5O3. The first kappa shape index (κ1) is 24.0. The zero-order chi connectivity index (χ0) is 25.1. The van der Waals surface area contributed by atoms with Crippen molar-refractivity contribution in [2.45, 2.75) is 31.8 Å². The van der Waals surface area contributed by atoms with Gasteiger partial charge in [-0.05, 0) is 54.8 Å². The van der Waals surface area contributed by atoms with E-state index in [4.69, 9.17) is 19.6 Å². The smallest absolute Gasteiger partial charge is 0.254 e. The molecule has 2 aromatic carbocycles. The van der Waals surface area contributed by atoms with Gasteiger partial charge in [-0.1, -0.05) is 34.1 Å². The van der Waals surface area contributed by atoms with Crippen molar-refractivity contribution >= 4 is 21.8 Å². The van der Waals surface area contributed by atoms with Gasteiger partial charge in [0.15, 0.2) is 5.82 Å². The summed E-state index contributed by atoms with van der Waals surface area (Å²) in [6.45, 7) is 0.335. The molecule has 1 saturated carbocycles. The lowest BCUT2D eigenvalue weighted by Crippen LogP contribution is -2.33. The first-order valence-corrected chi connectivity index (χ1v) is 12.5. The lowest BCUT2D eigenvalue weighted by molar-refractivity contribution is 0.0725. The zero-order valence-electron chi connectivity index (χ0n) is 20.1. The third kappa shape index (κ3) is 5.26.